The number of likely N-dealkylation sites (tertiary alicyclic amines) is 1. The van der Waals surface area contributed by atoms with Gasteiger partial charge in [-0.25, -0.2) is 9.59 Å². The smallest absolute Gasteiger partial charge is 0.410 e. The highest BCUT2D eigenvalue weighted by atomic mass is 16.6. The van der Waals surface area contributed by atoms with Crippen molar-refractivity contribution in [1.82, 2.24) is 4.90 Å². The molecule has 1 aliphatic heterocycles. The van der Waals surface area contributed by atoms with Crippen LogP contribution in [0.2, 0.25) is 0 Å². The number of Topliss-reactive ketones (excluding diaryl/α,β-unsaturated/α-hetero) is 1. The van der Waals surface area contributed by atoms with Crippen LogP contribution in [0.3, 0.4) is 0 Å². The van der Waals surface area contributed by atoms with Crippen molar-refractivity contribution in [3.8, 4) is 11.1 Å². The summed E-state index contributed by atoms with van der Waals surface area (Å²) < 4.78 is 5.68. The zero-order valence-corrected chi connectivity index (χ0v) is 16.5. The van der Waals surface area contributed by atoms with E-state index < -0.39 is 18.1 Å². The van der Waals surface area contributed by atoms with Crippen LogP contribution >= 0.6 is 0 Å². The zero-order valence-electron chi connectivity index (χ0n) is 16.5. The van der Waals surface area contributed by atoms with Crippen LogP contribution in [0.1, 0.15) is 36.3 Å². The molecule has 6 heteroatoms. The first kappa shape index (κ1) is 18.9. The van der Waals surface area contributed by atoms with Gasteiger partial charge in [0.05, 0.1) is 0 Å². The van der Waals surface area contributed by atoms with Crippen LogP contribution in [-0.2, 0) is 14.3 Å². The molecule has 0 radical (unpaired) electrons. The molecule has 2 aromatic rings. The molecule has 154 valence electrons. The number of carboxylic acid groups (broad SMARTS) is 1. The van der Waals surface area contributed by atoms with Gasteiger partial charge in [0, 0.05) is 31.2 Å². The lowest BCUT2D eigenvalue weighted by Crippen LogP contribution is -2.44. The fraction of sp³-hybridized carbons (Fsp3) is 0.375. The Hall–Kier alpha value is -3.15. The number of hydrogen-bond donors (Lipinski definition) is 1. The van der Waals surface area contributed by atoms with E-state index >= 15 is 0 Å². The number of ketones is 1. The second-order valence-corrected chi connectivity index (χ2v) is 8.44. The molecule has 3 aliphatic rings. The van der Waals surface area contributed by atoms with Crippen molar-refractivity contribution in [1.29, 1.82) is 0 Å². The monoisotopic (exact) mass is 405 g/mol. The highest BCUT2D eigenvalue weighted by molar-refractivity contribution is 5.85. The van der Waals surface area contributed by atoms with Gasteiger partial charge in [-0.15, -0.1) is 0 Å². The Bertz CT molecular complexity index is 986. The first-order valence-corrected chi connectivity index (χ1v) is 10.4. The second kappa shape index (κ2) is 7.27. The van der Waals surface area contributed by atoms with Gasteiger partial charge in [0.25, 0.3) is 0 Å². The average Bonchev–Trinajstić information content (AvgIpc) is 3.28. The van der Waals surface area contributed by atoms with Gasteiger partial charge in [0.2, 0.25) is 0 Å². The largest absolute Gasteiger partial charge is 0.480 e. The topological polar surface area (TPSA) is 83.9 Å². The van der Waals surface area contributed by atoms with Gasteiger partial charge in [-0.2, -0.15) is 0 Å². The maximum atomic E-state index is 12.9. The van der Waals surface area contributed by atoms with Crippen LogP contribution in [0.4, 0.5) is 4.79 Å². The molecular formula is C24H23NO5. The minimum Gasteiger partial charge on any atom is -0.480 e. The summed E-state index contributed by atoms with van der Waals surface area (Å²) in [5, 5.41) is 9.74. The predicted octanol–water partition coefficient (Wildman–Crippen LogP) is 3.69. The summed E-state index contributed by atoms with van der Waals surface area (Å²) in [6.45, 7) is 0.496. The number of carboxylic acids is 1. The Morgan fingerprint density at radius 1 is 1.03 bits per heavy atom. The second-order valence-electron chi connectivity index (χ2n) is 8.44. The number of carbonyl (C=O) groups excluding carboxylic acids is 2. The molecule has 5 rings (SSSR count). The summed E-state index contributed by atoms with van der Waals surface area (Å²) in [5.41, 5.74) is 4.51. The lowest BCUT2D eigenvalue weighted by molar-refractivity contribution is -0.143. The molecule has 3 atom stereocenters. The van der Waals surface area contributed by atoms with E-state index in [0.717, 1.165) is 22.3 Å². The van der Waals surface area contributed by atoms with Crippen molar-refractivity contribution in [2.24, 2.45) is 11.8 Å². The fourth-order valence-electron chi connectivity index (χ4n) is 5.47. The van der Waals surface area contributed by atoms with Gasteiger partial charge in [0.15, 0.2) is 0 Å². The summed E-state index contributed by atoms with van der Waals surface area (Å²) in [4.78, 5) is 38.0. The minimum absolute atomic E-state index is 0.0456. The van der Waals surface area contributed by atoms with Gasteiger partial charge in [-0.05, 0) is 34.6 Å². The van der Waals surface area contributed by atoms with Crippen molar-refractivity contribution < 1.29 is 24.2 Å². The third-order valence-electron chi connectivity index (χ3n) is 6.86. The fourth-order valence-corrected chi connectivity index (χ4v) is 5.47. The van der Waals surface area contributed by atoms with Crippen molar-refractivity contribution in [3.63, 3.8) is 0 Å². The molecule has 1 N–H and O–H groups in total. The van der Waals surface area contributed by atoms with E-state index in [1.807, 2.05) is 36.4 Å². The van der Waals surface area contributed by atoms with Crippen molar-refractivity contribution in [2.75, 3.05) is 13.2 Å². The molecule has 6 nitrogen and oxygen atoms in total. The van der Waals surface area contributed by atoms with Gasteiger partial charge in [-0.3, -0.25) is 9.69 Å². The van der Waals surface area contributed by atoms with Gasteiger partial charge in [-0.1, -0.05) is 48.5 Å². The Labute approximate surface area is 174 Å². The number of nitrogens with zero attached hydrogens (tertiary/aromatic N) is 1. The van der Waals surface area contributed by atoms with Crippen LogP contribution < -0.4 is 0 Å². The zero-order chi connectivity index (χ0) is 20.8. The molecule has 1 saturated heterocycles. The Morgan fingerprint density at radius 3 is 2.30 bits per heavy atom. The Morgan fingerprint density at radius 2 is 1.67 bits per heavy atom. The molecule has 1 amide bonds. The van der Waals surface area contributed by atoms with E-state index in [-0.39, 0.29) is 36.6 Å². The number of benzene rings is 2. The van der Waals surface area contributed by atoms with E-state index in [2.05, 4.69) is 12.1 Å². The molecule has 30 heavy (non-hydrogen) atoms. The number of fused-ring (bicyclic) bond motifs is 4. The lowest BCUT2D eigenvalue weighted by Gasteiger charge is -2.26. The number of hydrogen-bond acceptors (Lipinski definition) is 4. The molecule has 1 saturated carbocycles. The van der Waals surface area contributed by atoms with E-state index in [4.69, 9.17) is 4.74 Å². The molecule has 0 spiro atoms. The third-order valence-corrected chi connectivity index (χ3v) is 6.86. The number of aliphatic carboxylic acids is 1. The number of rotatable bonds is 3. The first-order valence-electron chi connectivity index (χ1n) is 10.4. The molecule has 2 fully saturated rings. The average molecular weight is 405 g/mol. The number of amides is 1. The van der Waals surface area contributed by atoms with Gasteiger partial charge >= 0.3 is 12.1 Å². The number of carbonyl (C=O) groups is 3. The maximum Gasteiger partial charge on any atom is 0.410 e. The molecule has 2 aliphatic carbocycles. The summed E-state index contributed by atoms with van der Waals surface area (Å²) in [6.07, 6.45) is 0.729. The lowest BCUT2D eigenvalue weighted by atomic mass is 9.78. The van der Waals surface area contributed by atoms with Gasteiger partial charge < -0.3 is 9.84 Å². The predicted molar refractivity (Wildman–Crippen MR) is 109 cm³/mol. The van der Waals surface area contributed by atoms with Crippen LogP contribution in [0.25, 0.3) is 11.1 Å². The SMILES string of the molecule is O=C1CCC2CN(C(=O)OCC3c4ccccc4-c4ccccc43)C(C(=O)O)C2C1. The standard InChI is InChI=1S/C24H23NO5/c26-15-10-9-14-12-25(22(23(27)28)20(14)11-15)24(29)30-13-21-18-7-3-1-5-16(18)17-6-2-4-8-19(17)21/h1-8,14,20-22H,9-13H2,(H,27,28). The van der Waals surface area contributed by atoms with Gasteiger partial charge in [0.1, 0.15) is 18.4 Å². The molecule has 0 aromatic heterocycles. The van der Waals surface area contributed by atoms with Crippen molar-refractivity contribution in [2.45, 2.75) is 31.2 Å². The van der Waals surface area contributed by atoms with Crippen LogP contribution in [0, 0.1) is 11.8 Å². The Balaban J connectivity index is 1.35. The highest BCUT2D eigenvalue weighted by Crippen LogP contribution is 2.45. The molecule has 2 aromatic carbocycles. The minimum atomic E-state index is -1.06. The molecule has 0 bridgehead atoms. The Kier molecular flexibility index (Phi) is 4.57. The van der Waals surface area contributed by atoms with Crippen LogP contribution in [0.15, 0.2) is 48.5 Å². The molecular weight excluding hydrogens is 382 g/mol. The molecule has 1 heterocycles. The van der Waals surface area contributed by atoms with Crippen molar-refractivity contribution in [3.05, 3.63) is 59.7 Å². The summed E-state index contributed by atoms with van der Waals surface area (Å²) in [6, 6.07) is 15.2. The summed E-state index contributed by atoms with van der Waals surface area (Å²) in [7, 11) is 0. The summed E-state index contributed by atoms with van der Waals surface area (Å²) >= 11 is 0. The van der Waals surface area contributed by atoms with E-state index in [1.54, 1.807) is 0 Å². The quantitative estimate of drug-likeness (QED) is 0.842. The third kappa shape index (κ3) is 2.98. The van der Waals surface area contributed by atoms with Crippen LogP contribution in [0.5, 0.6) is 0 Å². The van der Waals surface area contributed by atoms with E-state index in [0.29, 0.717) is 19.4 Å². The number of ether oxygens (including phenoxy) is 1. The molecule has 3 unspecified atom stereocenters. The summed E-state index contributed by atoms with van der Waals surface area (Å²) in [5.74, 6) is -1.33. The highest BCUT2D eigenvalue weighted by Gasteiger charge is 2.50. The van der Waals surface area contributed by atoms with E-state index in [1.165, 1.54) is 4.90 Å². The maximum absolute atomic E-state index is 12.9. The normalized spacial score (nSPS) is 24.9. The van der Waals surface area contributed by atoms with E-state index in [9.17, 15) is 19.5 Å². The first-order chi connectivity index (χ1) is 14.5. The van der Waals surface area contributed by atoms with Crippen LogP contribution in [-0.4, -0.2) is 47.0 Å². The van der Waals surface area contributed by atoms with Crippen molar-refractivity contribution >= 4 is 17.8 Å².